The van der Waals surface area contributed by atoms with Crippen molar-refractivity contribution in [3.8, 4) is 0 Å². The third-order valence-corrected chi connectivity index (χ3v) is 3.01. The second-order valence-corrected chi connectivity index (χ2v) is 4.77. The molecule has 1 aliphatic rings. The first-order valence-electron chi connectivity index (χ1n) is 5.93. The zero-order chi connectivity index (χ0) is 13.0. The summed E-state index contributed by atoms with van der Waals surface area (Å²) >= 11 is 0. The minimum atomic E-state index is -0.238. The van der Waals surface area contributed by atoms with Gasteiger partial charge in [0.15, 0.2) is 0 Å². The number of carbonyl (C=O) groups is 2. The van der Waals surface area contributed by atoms with Gasteiger partial charge in [0.2, 0.25) is 5.91 Å². The van der Waals surface area contributed by atoms with E-state index in [4.69, 9.17) is 9.47 Å². The van der Waals surface area contributed by atoms with E-state index in [-0.39, 0.29) is 36.4 Å². The SMILES string of the molecule is COC(=O)C1CN(C(=O)COC(C)C)CC1C. The summed E-state index contributed by atoms with van der Waals surface area (Å²) in [6, 6.07) is 0. The van der Waals surface area contributed by atoms with Crippen molar-refractivity contribution < 1.29 is 19.1 Å². The van der Waals surface area contributed by atoms with Crippen LogP contribution in [0.2, 0.25) is 0 Å². The molecular weight excluding hydrogens is 222 g/mol. The standard InChI is InChI=1S/C12H21NO4/c1-8(2)17-7-11(14)13-5-9(3)10(6-13)12(15)16-4/h8-10H,5-7H2,1-4H3. The van der Waals surface area contributed by atoms with Gasteiger partial charge < -0.3 is 14.4 Å². The third kappa shape index (κ3) is 3.70. The Kier molecular flexibility index (Phi) is 4.93. The predicted molar refractivity (Wildman–Crippen MR) is 62.3 cm³/mol. The van der Waals surface area contributed by atoms with Crippen molar-refractivity contribution in [2.45, 2.75) is 26.9 Å². The molecule has 1 fully saturated rings. The summed E-state index contributed by atoms with van der Waals surface area (Å²) in [7, 11) is 1.38. The fourth-order valence-corrected chi connectivity index (χ4v) is 1.96. The molecule has 1 heterocycles. The summed E-state index contributed by atoms with van der Waals surface area (Å²) in [5, 5.41) is 0. The molecule has 1 saturated heterocycles. The molecule has 0 aliphatic carbocycles. The number of hydrogen-bond donors (Lipinski definition) is 0. The van der Waals surface area contributed by atoms with Crippen LogP contribution in [0.1, 0.15) is 20.8 Å². The number of likely N-dealkylation sites (tertiary alicyclic amines) is 1. The molecule has 5 heteroatoms. The van der Waals surface area contributed by atoms with Crippen LogP contribution in [0.5, 0.6) is 0 Å². The third-order valence-electron chi connectivity index (χ3n) is 3.01. The number of methoxy groups -OCH3 is 1. The molecule has 0 aromatic carbocycles. The summed E-state index contributed by atoms with van der Waals surface area (Å²) in [5.74, 6) is -0.358. The van der Waals surface area contributed by atoms with Crippen LogP contribution in [0, 0.1) is 11.8 Å². The minimum absolute atomic E-state index is 0.0374. The molecule has 0 radical (unpaired) electrons. The smallest absolute Gasteiger partial charge is 0.310 e. The summed E-state index contributed by atoms with van der Waals surface area (Å²) in [6.45, 7) is 6.85. The van der Waals surface area contributed by atoms with Gasteiger partial charge in [-0.3, -0.25) is 9.59 Å². The number of carbonyl (C=O) groups excluding carboxylic acids is 2. The van der Waals surface area contributed by atoms with E-state index in [1.165, 1.54) is 7.11 Å². The highest BCUT2D eigenvalue weighted by atomic mass is 16.5. The van der Waals surface area contributed by atoms with E-state index in [1.807, 2.05) is 20.8 Å². The van der Waals surface area contributed by atoms with Gasteiger partial charge in [0.1, 0.15) is 6.61 Å². The lowest BCUT2D eigenvalue weighted by molar-refractivity contribution is -0.146. The van der Waals surface area contributed by atoms with Crippen molar-refractivity contribution in [2.24, 2.45) is 11.8 Å². The van der Waals surface area contributed by atoms with Crippen molar-refractivity contribution in [2.75, 3.05) is 26.8 Å². The molecule has 2 atom stereocenters. The van der Waals surface area contributed by atoms with Crippen molar-refractivity contribution in [1.82, 2.24) is 4.90 Å². The molecular formula is C12H21NO4. The molecule has 1 aliphatic heterocycles. The first kappa shape index (κ1) is 14.0. The molecule has 0 saturated carbocycles. The van der Waals surface area contributed by atoms with Crippen molar-refractivity contribution in [3.05, 3.63) is 0 Å². The Balaban J connectivity index is 2.48. The number of hydrogen-bond acceptors (Lipinski definition) is 4. The predicted octanol–water partition coefficient (Wildman–Crippen LogP) is 0.679. The molecule has 17 heavy (non-hydrogen) atoms. The zero-order valence-electron chi connectivity index (χ0n) is 10.9. The molecule has 0 aromatic heterocycles. The molecule has 1 rings (SSSR count). The van der Waals surface area contributed by atoms with E-state index < -0.39 is 0 Å². The Labute approximate surface area is 102 Å². The van der Waals surface area contributed by atoms with Crippen LogP contribution in [0.15, 0.2) is 0 Å². The molecule has 0 N–H and O–H groups in total. The van der Waals surface area contributed by atoms with Gasteiger partial charge in [0.25, 0.3) is 0 Å². The average Bonchev–Trinajstić information content (AvgIpc) is 2.67. The van der Waals surface area contributed by atoms with Gasteiger partial charge in [0, 0.05) is 13.1 Å². The van der Waals surface area contributed by atoms with Gasteiger partial charge >= 0.3 is 5.97 Å². The summed E-state index contributed by atoms with van der Waals surface area (Å²) in [4.78, 5) is 24.9. The van der Waals surface area contributed by atoms with Crippen molar-refractivity contribution in [3.63, 3.8) is 0 Å². The van der Waals surface area contributed by atoms with Crippen LogP contribution >= 0.6 is 0 Å². The Hall–Kier alpha value is -1.10. The first-order chi connectivity index (χ1) is 7.95. The summed E-state index contributed by atoms with van der Waals surface area (Å²) in [5.41, 5.74) is 0. The number of ether oxygens (including phenoxy) is 2. The lowest BCUT2D eigenvalue weighted by Crippen LogP contribution is -2.33. The maximum atomic E-state index is 11.8. The lowest BCUT2D eigenvalue weighted by atomic mass is 9.99. The highest BCUT2D eigenvalue weighted by Crippen LogP contribution is 2.24. The maximum Gasteiger partial charge on any atom is 0.310 e. The largest absolute Gasteiger partial charge is 0.469 e. The lowest BCUT2D eigenvalue weighted by Gasteiger charge is -2.17. The van der Waals surface area contributed by atoms with Gasteiger partial charge in [-0.2, -0.15) is 0 Å². The number of esters is 1. The van der Waals surface area contributed by atoms with E-state index in [1.54, 1.807) is 4.90 Å². The highest BCUT2D eigenvalue weighted by molar-refractivity contribution is 5.80. The molecule has 0 aromatic rings. The van der Waals surface area contributed by atoms with E-state index in [0.29, 0.717) is 13.1 Å². The van der Waals surface area contributed by atoms with Crippen LogP contribution in [0.3, 0.4) is 0 Å². The van der Waals surface area contributed by atoms with Gasteiger partial charge in [-0.1, -0.05) is 6.92 Å². The van der Waals surface area contributed by atoms with Gasteiger partial charge in [-0.25, -0.2) is 0 Å². The fourth-order valence-electron chi connectivity index (χ4n) is 1.96. The monoisotopic (exact) mass is 243 g/mol. The van der Waals surface area contributed by atoms with E-state index in [9.17, 15) is 9.59 Å². The Morgan fingerprint density at radius 2 is 2.00 bits per heavy atom. The van der Waals surface area contributed by atoms with Crippen molar-refractivity contribution in [1.29, 1.82) is 0 Å². The quantitative estimate of drug-likeness (QED) is 0.681. The number of nitrogens with zero attached hydrogens (tertiary/aromatic N) is 1. The molecule has 2 unspecified atom stereocenters. The maximum absolute atomic E-state index is 11.8. The molecule has 98 valence electrons. The number of amides is 1. The second kappa shape index (κ2) is 6.00. The molecule has 0 bridgehead atoms. The van der Waals surface area contributed by atoms with E-state index in [0.717, 1.165) is 0 Å². The van der Waals surface area contributed by atoms with Gasteiger partial charge in [0.05, 0.1) is 19.1 Å². The zero-order valence-corrected chi connectivity index (χ0v) is 10.9. The Morgan fingerprint density at radius 1 is 1.35 bits per heavy atom. The van der Waals surface area contributed by atoms with Crippen LogP contribution in [-0.4, -0.2) is 49.7 Å². The fraction of sp³-hybridized carbons (Fsp3) is 0.833. The Bertz CT molecular complexity index is 290. The van der Waals surface area contributed by atoms with Crippen LogP contribution in [0.25, 0.3) is 0 Å². The average molecular weight is 243 g/mol. The van der Waals surface area contributed by atoms with E-state index in [2.05, 4.69) is 0 Å². The molecule has 0 spiro atoms. The minimum Gasteiger partial charge on any atom is -0.469 e. The molecule has 1 amide bonds. The van der Waals surface area contributed by atoms with Crippen molar-refractivity contribution >= 4 is 11.9 Å². The van der Waals surface area contributed by atoms with Crippen LogP contribution in [-0.2, 0) is 19.1 Å². The first-order valence-corrected chi connectivity index (χ1v) is 5.93. The van der Waals surface area contributed by atoms with Gasteiger partial charge in [-0.05, 0) is 19.8 Å². The highest BCUT2D eigenvalue weighted by Gasteiger charge is 2.37. The number of rotatable bonds is 4. The summed E-state index contributed by atoms with van der Waals surface area (Å²) < 4.78 is 9.99. The Morgan fingerprint density at radius 3 is 2.53 bits per heavy atom. The summed E-state index contributed by atoms with van der Waals surface area (Å²) in [6.07, 6.45) is 0.0374. The topological polar surface area (TPSA) is 55.8 Å². The normalized spacial score (nSPS) is 24.2. The van der Waals surface area contributed by atoms with E-state index >= 15 is 0 Å². The van der Waals surface area contributed by atoms with Crippen LogP contribution in [0.4, 0.5) is 0 Å². The van der Waals surface area contributed by atoms with Gasteiger partial charge in [-0.15, -0.1) is 0 Å². The van der Waals surface area contributed by atoms with Crippen LogP contribution < -0.4 is 0 Å². The molecule has 5 nitrogen and oxygen atoms in total. The second-order valence-electron chi connectivity index (χ2n) is 4.77.